The van der Waals surface area contributed by atoms with Crippen molar-refractivity contribution in [3.63, 3.8) is 0 Å². The maximum Gasteiger partial charge on any atom is 0.254 e. The van der Waals surface area contributed by atoms with Crippen LogP contribution in [0.4, 0.5) is 11.6 Å². The zero-order valence-electron chi connectivity index (χ0n) is 15.2. The van der Waals surface area contributed by atoms with Gasteiger partial charge in [0.1, 0.15) is 5.75 Å². The first kappa shape index (κ1) is 18.2. The van der Waals surface area contributed by atoms with Gasteiger partial charge in [-0.25, -0.2) is 9.97 Å². The second-order valence-corrected chi connectivity index (χ2v) is 6.54. The molecule has 1 fully saturated rings. The largest absolute Gasteiger partial charge is 0.494 e. The number of aromatic nitrogens is 2. The van der Waals surface area contributed by atoms with Crippen LogP contribution < -0.4 is 15.4 Å². The van der Waals surface area contributed by atoms with E-state index in [1.54, 1.807) is 12.4 Å². The van der Waals surface area contributed by atoms with Gasteiger partial charge < -0.3 is 15.4 Å². The first-order valence-electron chi connectivity index (χ1n) is 9.37. The molecule has 26 heavy (non-hydrogen) atoms. The van der Waals surface area contributed by atoms with Gasteiger partial charge in [0.2, 0.25) is 5.95 Å². The van der Waals surface area contributed by atoms with E-state index in [1.807, 2.05) is 31.2 Å². The number of nitrogens with one attached hydrogen (secondary N) is 2. The summed E-state index contributed by atoms with van der Waals surface area (Å²) in [6.07, 6.45) is 10.2. The van der Waals surface area contributed by atoms with E-state index < -0.39 is 0 Å². The molecule has 0 aliphatic heterocycles. The maximum atomic E-state index is 12.4. The van der Waals surface area contributed by atoms with Gasteiger partial charge in [-0.3, -0.25) is 4.79 Å². The van der Waals surface area contributed by atoms with Crippen molar-refractivity contribution in [1.82, 2.24) is 15.3 Å². The Hall–Kier alpha value is -2.63. The molecule has 1 aliphatic rings. The van der Waals surface area contributed by atoms with Crippen LogP contribution in [0.3, 0.4) is 0 Å². The molecule has 138 valence electrons. The number of ether oxygens (including phenoxy) is 1. The standard InChI is InChI=1S/C20H26N4O2/c1-2-26-18-11-9-17(10-12-18)24-20-21-13-15(14-22-20)19(25)23-16-7-5-3-4-6-8-16/h9-14,16H,2-8H2,1H3,(H,23,25)(H,21,22,24). The van der Waals surface area contributed by atoms with Crippen molar-refractivity contribution in [3.05, 3.63) is 42.2 Å². The molecule has 2 N–H and O–H groups in total. The molecule has 1 heterocycles. The third-order valence-corrected chi connectivity index (χ3v) is 4.53. The summed E-state index contributed by atoms with van der Waals surface area (Å²) in [7, 11) is 0. The minimum absolute atomic E-state index is 0.0930. The van der Waals surface area contributed by atoms with Crippen LogP contribution in [0.25, 0.3) is 0 Å². The van der Waals surface area contributed by atoms with E-state index in [2.05, 4.69) is 20.6 Å². The average Bonchev–Trinajstić information content (AvgIpc) is 2.93. The third-order valence-electron chi connectivity index (χ3n) is 4.53. The molecule has 0 atom stereocenters. The van der Waals surface area contributed by atoms with Crippen LogP contribution in [0, 0.1) is 0 Å². The van der Waals surface area contributed by atoms with Crippen molar-refractivity contribution in [3.8, 4) is 5.75 Å². The molecule has 1 saturated carbocycles. The Morgan fingerprint density at radius 1 is 1.08 bits per heavy atom. The Morgan fingerprint density at radius 3 is 2.35 bits per heavy atom. The van der Waals surface area contributed by atoms with Gasteiger partial charge in [-0.05, 0) is 44.0 Å². The highest BCUT2D eigenvalue weighted by Crippen LogP contribution is 2.19. The van der Waals surface area contributed by atoms with Gasteiger partial charge in [0, 0.05) is 24.1 Å². The van der Waals surface area contributed by atoms with Gasteiger partial charge in [0.15, 0.2) is 0 Å². The molecule has 3 rings (SSSR count). The highest BCUT2D eigenvalue weighted by Gasteiger charge is 2.16. The smallest absolute Gasteiger partial charge is 0.254 e. The fourth-order valence-corrected chi connectivity index (χ4v) is 3.13. The van der Waals surface area contributed by atoms with Crippen molar-refractivity contribution in [2.45, 2.75) is 51.5 Å². The van der Waals surface area contributed by atoms with E-state index in [0.29, 0.717) is 18.1 Å². The number of amides is 1. The lowest BCUT2D eigenvalue weighted by molar-refractivity contribution is 0.0932. The lowest BCUT2D eigenvalue weighted by Gasteiger charge is -2.16. The quantitative estimate of drug-likeness (QED) is 0.765. The van der Waals surface area contributed by atoms with Gasteiger partial charge in [-0.2, -0.15) is 0 Å². The number of nitrogens with zero attached hydrogens (tertiary/aromatic N) is 2. The molecule has 2 aromatic rings. The maximum absolute atomic E-state index is 12.4. The molecular weight excluding hydrogens is 328 g/mol. The number of benzene rings is 1. The van der Waals surface area contributed by atoms with Crippen molar-refractivity contribution in [2.24, 2.45) is 0 Å². The summed E-state index contributed by atoms with van der Waals surface area (Å²) in [4.78, 5) is 20.9. The van der Waals surface area contributed by atoms with Gasteiger partial charge in [-0.1, -0.05) is 25.7 Å². The van der Waals surface area contributed by atoms with Crippen molar-refractivity contribution in [2.75, 3.05) is 11.9 Å². The Morgan fingerprint density at radius 2 is 1.73 bits per heavy atom. The lowest BCUT2D eigenvalue weighted by atomic mass is 10.1. The van der Waals surface area contributed by atoms with E-state index in [4.69, 9.17) is 4.74 Å². The van der Waals surface area contributed by atoms with Crippen LogP contribution in [-0.2, 0) is 0 Å². The highest BCUT2D eigenvalue weighted by atomic mass is 16.5. The summed E-state index contributed by atoms with van der Waals surface area (Å²) in [6.45, 7) is 2.59. The van der Waals surface area contributed by atoms with E-state index >= 15 is 0 Å². The summed E-state index contributed by atoms with van der Waals surface area (Å²) in [5.74, 6) is 1.19. The molecule has 0 unspecified atom stereocenters. The fraction of sp³-hybridized carbons (Fsp3) is 0.450. The molecule has 0 saturated heterocycles. The molecule has 6 nitrogen and oxygen atoms in total. The van der Waals surface area contributed by atoms with Gasteiger partial charge in [0.25, 0.3) is 5.91 Å². The molecule has 0 radical (unpaired) electrons. The molecular formula is C20H26N4O2. The van der Waals surface area contributed by atoms with E-state index in [0.717, 1.165) is 24.3 Å². The number of carbonyl (C=O) groups excluding carboxylic acids is 1. The topological polar surface area (TPSA) is 76.1 Å². The minimum Gasteiger partial charge on any atom is -0.494 e. The molecule has 0 bridgehead atoms. The summed E-state index contributed by atoms with van der Waals surface area (Å²) >= 11 is 0. The van der Waals surface area contributed by atoms with Crippen molar-refractivity contribution >= 4 is 17.5 Å². The highest BCUT2D eigenvalue weighted by molar-refractivity contribution is 5.93. The van der Waals surface area contributed by atoms with Gasteiger partial charge in [-0.15, -0.1) is 0 Å². The Kier molecular flexibility index (Phi) is 6.41. The summed E-state index contributed by atoms with van der Waals surface area (Å²) in [6, 6.07) is 7.86. The summed E-state index contributed by atoms with van der Waals surface area (Å²) in [5, 5.41) is 6.23. The van der Waals surface area contributed by atoms with E-state index in [9.17, 15) is 4.79 Å². The monoisotopic (exact) mass is 354 g/mol. The molecule has 6 heteroatoms. The van der Waals surface area contributed by atoms with Gasteiger partial charge >= 0.3 is 0 Å². The van der Waals surface area contributed by atoms with E-state index in [-0.39, 0.29) is 11.9 Å². The normalized spacial score (nSPS) is 15.1. The fourth-order valence-electron chi connectivity index (χ4n) is 3.13. The first-order chi connectivity index (χ1) is 12.7. The van der Waals surface area contributed by atoms with Crippen LogP contribution in [0.2, 0.25) is 0 Å². The zero-order valence-corrected chi connectivity index (χ0v) is 15.2. The number of rotatable bonds is 6. The minimum atomic E-state index is -0.0930. The molecule has 0 spiro atoms. The van der Waals surface area contributed by atoms with Gasteiger partial charge in [0.05, 0.1) is 12.2 Å². The molecule has 1 aromatic carbocycles. The third kappa shape index (κ3) is 5.18. The van der Waals surface area contributed by atoms with Crippen LogP contribution in [0.1, 0.15) is 55.8 Å². The number of carbonyl (C=O) groups is 1. The second-order valence-electron chi connectivity index (χ2n) is 6.54. The lowest BCUT2D eigenvalue weighted by Crippen LogP contribution is -2.34. The van der Waals surface area contributed by atoms with Crippen LogP contribution in [-0.4, -0.2) is 28.5 Å². The van der Waals surface area contributed by atoms with Crippen LogP contribution in [0.5, 0.6) is 5.75 Å². The average molecular weight is 354 g/mol. The molecule has 1 aliphatic carbocycles. The van der Waals surface area contributed by atoms with Crippen molar-refractivity contribution in [1.29, 1.82) is 0 Å². The predicted octanol–water partition coefficient (Wildman–Crippen LogP) is 4.07. The van der Waals surface area contributed by atoms with Crippen molar-refractivity contribution < 1.29 is 9.53 Å². The summed E-state index contributed by atoms with van der Waals surface area (Å²) in [5.41, 5.74) is 1.36. The van der Waals surface area contributed by atoms with Crippen LogP contribution in [0.15, 0.2) is 36.7 Å². The van der Waals surface area contributed by atoms with Crippen LogP contribution >= 0.6 is 0 Å². The SMILES string of the molecule is CCOc1ccc(Nc2ncc(C(=O)NC3CCCCCC3)cn2)cc1. The van der Waals surface area contributed by atoms with E-state index in [1.165, 1.54) is 25.7 Å². The Labute approximate surface area is 154 Å². The zero-order chi connectivity index (χ0) is 18.2. The Balaban J connectivity index is 1.56. The second kappa shape index (κ2) is 9.17. The number of hydrogen-bond donors (Lipinski definition) is 2. The number of anilines is 2. The molecule has 1 aromatic heterocycles. The Bertz CT molecular complexity index is 693. The molecule has 1 amide bonds. The number of hydrogen-bond acceptors (Lipinski definition) is 5. The summed E-state index contributed by atoms with van der Waals surface area (Å²) < 4.78 is 5.42. The predicted molar refractivity (Wildman–Crippen MR) is 102 cm³/mol. The first-order valence-corrected chi connectivity index (χ1v) is 9.37.